The molecule has 6 heteroatoms. The lowest BCUT2D eigenvalue weighted by atomic mass is 10.1. The Labute approximate surface area is 165 Å². The van der Waals surface area contributed by atoms with E-state index in [0.29, 0.717) is 41.7 Å². The molecule has 0 saturated carbocycles. The number of hydrogen-bond donors (Lipinski definition) is 1. The molecule has 0 heterocycles. The summed E-state index contributed by atoms with van der Waals surface area (Å²) in [6.45, 7) is 4.87. The maximum atomic E-state index is 12.6. The fourth-order valence-electron chi connectivity index (χ4n) is 2.48. The molecule has 0 aliphatic rings. The molecule has 0 radical (unpaired) electrons. The highest BCUT2D eigenvalue weighted by molar-refractivity contribution is 6.10. The van der Waals surface area contributed by atoms with Gasteiger partial charge in [0.1, 0.15) is 17.4 Å². The van der Waals surface area contributed by atoms with Gasteiger partial charge in [-0.15, -0.1) is 0 Å². The van der Waals surface area contributed by atoms with E-state index < -0.39 is 5.91 Å². The molecule has 0 spiro atoms. The third-order valence-electron chi connectivity index (χ3n) is 3.75. The molecule has 0 aliphatic heterocycles. The molecule has 0 atom stereocenters. The van der Waals surface area contributed by atoms with Crippen LogP contribution in [0.4, 0.5) is 5.69 Å². The molecular weight excluding hydrogens is 356 g/mol. The van der Waals surface area contributed by atoms with Gasteiger partial charge in [0.2, 0.25) is 0 Å². The molecule has 1 amide bonds. The van der Waals surface area contributed by atoms with Crippen molar-refractivity contribution in [2.45, 2.75) is 20.3 Å². The Balaban J connectivity index is 2.33. The lowest BCUT2D eigenvalue weighted by Gasteiger charge is -2.14. The number of para-hydroxylation sites is 1. The highest BCUT2D eigenvalue weighted by atomic mass is 16.5. The molecule has 0 aromatic heterocycles. The number of nitrogens with zero attached hydrogens (tertiary/aromatic N) is 1. The summed E-state index contributed by atoms with van der Waals surface area (Å²) < 4.78 is 16.6. The van der Waals surface area contributed by atoms with E-state index in [9.17, 15) is 10.1 Å². The largest absolute Gasteiger partial charge is 0.497 e. The Morgan fingerprint density at radius 2 is 1.96 bits per heavy atom. The summed E-state index contributed by atoms with van der Waals surface area (Å²) >= 11 is 0. The first kappa shape index (κ1) is 20.8. The first-order chi connectivity index (χ1) is 13.6. The van der Waals surface area contributed by atoms with Crippen LogP contribution in [0.3, 0.4) is 0 Å². The van der Waals surface area contributed by atoms with Crippen LogP contribution in [0.2, 0.25) is 0 Å². The van der Waals surface area contributed by atoms with Crippen molar-refractivity contribution in [1.29, 1.82) is 5.26 Å². The second kappa shape index (κ2) is 10.6. The first-order valence-electron chi connectivity index (χ1n) is 9.08. The van der Waals surface area contributed by atoms with Crippen molar-refractivity contribution in [2.24, 2.45) is 0 Å². The molecule has 0 aliphatic carbocycles. The number of nitriles is 1. The lowest BCUT2D eigenvalue weighted by molar-refractivity contribution is -0.112. The van der Waals surface area contributed by atoms with Crippen LogP contribution in [0.25, 0.3) is 6.08 Å². The summed E-state index contributed by atoms with van der Waals surface area (Å²) in [4.78, 5) is 12.6. The second-order valence-electron chi connectivity index (χ2n) is 5.81. The van der Waals surface area contributed by atoms with E-state index in [1.165, 1.54) is 6.08 Å². The monoisotopic (exact) mass is 380 g/mol. The molecule has 2 aromatic rings. The normalized spacial score (nSPS) is 10.7. The van der Waals surface area contributed by atoms with Crippen LogP contribution in [0, 0.1) is 11.3 Å². The number of nitrogens with one attached hydrogen (secondary N) is 1. The molecule has 2 aromatic carbocycles. The minimum atomic E-state index is -0.515. The highest BCUT2D eigenvalue weighted by Crippen LogP contribution is 2.33. The van der Waals surface area contributed by atoms with Crippen molar-refractivity contribution < 1.29 is 19.0 Å². The summed E-state index contributed by atoms with van der Waals surface area (Å²) in [5.74, 6) is 1.20. The van der Waals surface area contributed by atoms with E-state index in [2.05, 4.69) is 5.32 Å². The minimum Gasteiger partial charge on any atom is -0.497 e. The quantitative estimate of drug-likeness (QED) is 0.514. The Kier molecular flexibility index (Phi) is 7.92. The van der Waals surface area contributed by atoms with Crippen molar-refractivity contribution in [3.63, 3.8) is 0 Å². The molecule has 0 saturated heterocycles. The van der Waals surface area contributed by atoms with Gasteiger partial charge >= 0.3 is 0 Å². The fourth-order valence-corrected chi connectivity index (χ4v) is 2.48. The zero-order valence-electron chi connectivity index (χ0n) is 16.3. The van der Waals surface area contributed by atoms with Gasteiger partial charge < -0.3 is 19.5 Å². The third kappa shape index (κ3) is 5.52. The second-order valence-corrected chi connectivity index (χ2v) is 5.81. The Morgan fingerprint density at radius 1 is 1.18 bits per heavy atom. The molecule has 1 N–H and O–H groups in total. The Bertz CT molecular complexity index is 884. The smallest absolute Gasteiger partial charge is 0.266 e. The molecule has 0 fully saturated rings. The summed E-state index contributed by atoms with van der Waals surface area (Å²) in [5.41, 5.74) is 1.10. The number of carbonyl (C=O) groups excluding carboxylic acids is 1. The van der Waals surface area contributed by atoms with Gasteiger partial charge in [0, 0.05) is 17.3 Å². The fraction of sp³-hybridized carbons (Fsp3) is 0.273. The maximum Gasteiger partial charge on any atom is 0.266 e. The zero-order chi connectivity index (χ0) is 20.4. The standard InChI is InChI=1S/C22H24N2O4/c1-4-12-28-21-16(8-6-11-20(21)27-5-2)13-17(15-23)22(25)24-18-9-7-10-19(14-18)26-3/h6-11,13-14H,4-5,12H2,1-3H3,(H,24,25)/b17-13+. The number of rotatable bonds is 9. The van der Waals surface area contributed by atoms with E-state index >= 15 is 0 Å². The molecule has 0 bridgehead atoms. The summed E-state index contributed by atoms with van der Waals surface area (Å²) in [6.07, 6.45) is 2.33. The van der Waals surface area contributed by atoms with Crippen molar-refractivity contribution >= 4 is 17.7 Å². The molecule has 2 rings (SSSR count). The van der Waals surface area contributed by atoms with Gasteiger partial charge in [-0.1, -0.05) is 25.1 Å². The number of hydrogen-bond acceptors (Lipinski definition) is 5. The van der Waals surface area contributed by atoms with Crippen molar-refractivity contribution in [1.82, 2.24) is 0 Å². The van der Waals surface area contributed by atoms with Crippen LogP contribution in [0.15, 0.2) is 48.0 Å². The van der Waals surface area contributed by atoms with Gasteiger partial charge in [-0.05, 0) is 37.6 Å². The lowest BCUT2D eigenvalue weighted by Crippen LogP contribution is -2.13. The molecular formula is C22H24N2O4. The van der Waals surface area contributed by atoms with Crippen LogP contribution in [-0.4, -0.2) is 26.2 Å². The Hall–Kier alpha value is -3.46. The van der Waals surface area contributed by atoms with E-state index in [1.54, 1.807) is 49.6 Å². The van der Waals surface area contributed by atoms with E-state index in [-0.39, 0.29) is 5.57 Å². The van der Waals surface area contributed by atoms with E-state index in [0.717, 1.165) is 6.42 Å². The number of ether oxygens (including phenoxy) is 3. The number of benzene rings is 2. The van der Waals surface area contributed by atoms with Gasteiger partial charge in [-0.25, -0.2) is 0 Å². The minimum absolute atomic E-state index is 0.0437. The predicted octanol–water partition coefficient (Wildman–Crippen LogP) is 4.43. The van der Waals surface area contributed by atoms with Crippen molar-refractivity contribution in [2.75, 3.05) is 25.6 Å². The van der Waals surface area contributed by atoms with Crippen molar-refractivity contribution in [3.05, 3.63) is 53.6 Å². The predicted molar refractivity (Wildman–Crippen MR) is 109 cm³/mol. The topological polar surface area (TPSA) is 80.6 Å². The summed E-state index contributed by atoms with van der Waals surface area (Å²) in [6, 6.07) is 14.3. The van der Waals surface area contributed by atoms with Crippen LogP contribution in [0.5, 0.6) is 17.2 Å². The molecule has 6 nitrogen and oxygen atoms in total. The highest BCUT2D eigenvalue weighted by Gasteiger charge is 2.14. The van der Waals surface area contributed by atoms with Gasteiger partial charge in [0.15, 0.2) is 11.5 Å². The van der Waals surface area contributed by atoms with E-state index in [1.807, 2.05) is 19.9 Å². The SMILES string of the molecule is CCCOc1c(/C=C(\C#N)C(=O)Nc2cccc(OC)c2)cccc1OCC. The van der Waals surface area contributed by atoms with Gasteiger partial charge in [-0.3, -0.25) is 4.79 Å². The van der Waals surface area contributed by atoms with Gasteiger partial charge in [0.25, 0.3) is 5.91 Å². The average Bonchev–Trinajstić information content (AvgIpc) is 2.71. The van der Waals surface area contributed by atoms with Crippen molar-refractivity contribution in [3.8, 4) is 23.3 Å². The first-order valence-corrected chi connectivity index (χ1v) is 9.08. The number of methoxy groups -OCH3 is 1. The number of carbonyl (C=O) groups is 1. The van der Waals surface area contributed by atoms with Gasteiger partial charge in [-0.2, -0.15) is 5.26 Å². The average molecular weight is 380 g/mol. The number of anilines is 1. The van der Waals surface area contributed by atoms with Crippen LogP contribution < -0.4 is 19.5 Å². The Morgan fingerprint density at radius 3 is 2.64 bits per heavy atom. The molecule has 28 heavy (non-hydrogen) atoms. The maximum absolute atomic E-state index is 12.6. The zero-order valence-corrected chi connectivity index (χ0v) is 16.3. The number of amides is 1. The van der Waals surface area contributed by atoms with Crippen LogP contribution in [-0.2, 0) is 4.79 Å². The molecule has 146 valence electrons. The summed E-state index contributed by atoms with van der Waals surface area (Å²) in [7, 11) is 1.55. The van der Waals surface area contributed by atoms with Crippen LogP contribution >= 0.6 is 0 Å². The summed E-state index contributed by atoms with van der Waals surface area (Å²) in [5, 5.41) is 12.2. The molecule has 0 unspecified atom stereocenters. The van der Waals surface area contributed by atoms with E-state index in [4.69, 9.17) is 14.2 Å². The third-order valence-corrected chi connectivity index (χ3v) is 3.75. The van der Waals surface area contributed by atoms with Gasteiger partial charge in [0.05, 0.1) is 20.3 Å². The van der Waals surface area contributed by atoms with Crippen LogP contribution in [0.1, 0.15) is 25.8 Å².